The van der Waals surface area contributed by atoms with Crippen LogP contribution in [0.1, 0.15) is 37.6 Å². The largest absolute Gasteiger partial charge is 0.466 e. The maximum Gasteiger partial charge on any atom is 0.434 e. The van der Waals surface area contributed by atoms with E-state index in [1.54, 1.807) is 19.1 Å². The van der Waals surface area contributed by atoms with Crippen LogP contribution in [0.4, 0.5) is 13.2 Å². The van der Waals surface area contributed by atoms with E-state index in [0.717, 1.165) is 23.5 Å². The molecule has 0 fully saturated rings. The van der Waals surface area contributed by atoms with E-state index in [1.807, 2.05) is 6.08 Å². The van der Waals surface area contributed by atoms with Gasteiger partial charge in [-0.2, -0.15) is 13.2 Å². The second-order valence-corrected chi connectivity index (χ2v) is 15.3. The molecule has 3 rings (SSSR count). The quantitative estimate of drug-likeness (QED) is 0.242. The van der Waals surface area contributed by atoms with Gasteiger partial charge in [0, 0.05) is 32.6 Å². The van der Waals surface area contributed by atoms with Gasteiger partial charge >= 0.3 is 12.1 Å². The number of carbonyl (C=O) groups excluding carboxylic acids is 1. The topological polar surface area (TPSA) is 66.2 Å². The van der Waals surface area contributed by atoms with Crippen molar-refractivity contribution in [1.29, 1.82) is 0 Å². The predicted molar refractivity (Wildman–Crippen MR) is 127 cm³/mol. The zero-order chi connectivity index (χ0) is 24.9. The van der Waals surface area contributed by atoms with Crippen LogP contribution < -0.4 is 0 Å². The number of esters is 1. The van der Waals surface area contributed by atoms with E-state index >= 15 is 0 Å². The molecule has 2 aromatic heterocycles. The smallest absolute Gasteiger partial charge is 0.434 e. The van der Waals surface area contributed by atoms with Crippen molar-refractivity contribution in [1.82, 2.24) is 14.5 Å². The third kappa shape index (κ3) is 7.02. The van der Waals surface area contributed by atoms with Crippen molar-refractivity contribution in [3.63, 3.8) is 0 Å². The minimum atomic E-state index is -4.55. The van der Waals surface area contributed by atoms with Crippen LogP contribution in [0.5, 0.6) is 0 Å². The molecule has 1 aliphatic rings. The molecule has 1 aliphatic carbocycles. The first kappa shape index (κ1) is 26.1. The van der Waals surface area contributed by atoms with Gasteiger partial charge in [0.05, 0.1) is 18.2 Å². The fraction of sp³-hybridized carbons (Fsp3) is 0.542. The van der Waals surface area contributed by atoms with Crippen LogP contribution in [0, 0.1) is 5.92 Å². The first-order valence-electron chi connectivity index (χ1n) is 11.5. The van der Waals surface area contributed by atoms with Crippen molar-refractivity contribution in [2.75, 3.05) is 13.2 Å². The van der Waals surface area contributed by atoms with Crippen molar-refractivity contribution in [3.8, 4) is 11.4 Å². The summed E-state index contributed by atoms with van der Waals surface area (Å²) in [6.07, 6.45) is 1.92. The second-order valence-electron chi connectivity index (χ2n) is 9.65. The molecule has 0 saturated carbocycles. The van der Waals surface area contributed by atoms with Gasteiger partial charge in [0.25, 0.3) is 0 Å². The van der Waals surface area contributed by atoms with E-state index in [2.05, 4.69) is 29.6 Å². The Bertz CT molecular complexity index is 1010. The van der Waals surface area contributed by atoms with Crippen molar-refractivity contribution >= 4 is 19.6 Å². The summed E-state index contributed by atoms with van der Waals surface area (Å²) in [4.78, 5) is 20.2. The van der Waals surface area contributed by atoms with Crippen LogP contribution in [0.15, 0.2) is 30.6 Å². The molecule has 0 aromatic carbocycles. The van der Waals surface area contributed by atoms with Crippen molar-refractivity contribution in [3.05, 3.63) is 42.0 Å². The molecule has 10 heteroatoms. The van der Waals surface area contributed by atoms with Gasteiger partial charge in [-0.25, -0.2) is 4.98 Å². The van der Waals surface area contributed by atoms with Crippen LogP contribution in [-0.4, -0.2) is 41.8 Å². The number of halogens is 3. The van der Waals surface area contributed by atoms with Gasteiger partial charge in [0.1, 0.15) is 12.6 Å². The molecule has 0 radical (unpaired) electrons. The molecule has 0 bridgehead atoms. The summed E-state index contributed by atoms with van der Waals surface area (Å²) >= 11 is 0. The Balaban J connectivity index is 1.75. The molecule has 6 nitrogen and oxygen atoms in total. The molecule has 34 heavy (non-hydrogen) atoms. The van der Waals surface area contributed by atoms with Gasteiger partial charge in [-0.1, -0.05) is 25.7 Å². The Morgan fingerprint density at radius 1 is 1.26 bits per heavy atom. The lowest BCUT2D eigenvalue weighted by Gasteiger charge is -2.20. The summed E-state index contributed by atoms with van der Waals surface area (Å²) < 4.78 is 52.1. The molecule has 2 heterocycles. The molecular weight excluding hydrogens is 463 g/mol. The monoisotopic (exact) mass is 495 g/mol. The number of alkyl halides is 3. The van der Waals surface area contributed by atoms with Gasteiger partial charge in [-0.15, -0.1) is 0 Å². The number of ether oxygens (including phenoxy) is 2. The third-order valence-corrected chi connectivity index (χ3v) is 7.38. The number of allylic oxidation sites excluding steroid dienone is 2. The lowest BCUT2D eigenvalue weighted by molar-refractivity contribution is -0.148. The SMILES string of the molecule is CCOC(=O)C1CC=C(c2ccc(-c3nc(C(F)(F)F)cn3COCC[Si](C)(C)C)cn2)CC1. The number of hydrogen-bond donors (Lipinski definition) is 0. The minimum absolute atomic E-state index is 0.00888. The van der Waals surface area contributed by atoms with Gasteiger partial charge in [0.2, 0.25) is 0 Å². The molecule has 0 aliphatic heterocycles. The lowest BCUT2D eigenvalue weighted by atomic mass is 9.88. The average molecular weight is 496 g/mol. The number of pyridine rings is 1. The predicted octanol–water partition coefficient (Wildman–Crippen LogP) is 6.02. The molecule has 1 unspecified atom stereocenters. The van der Waals surface area contributed by atoms with Crippen LogP contribution in [0.2, 0.25) is 25.7 Å². The van der Waals surface area contributed by atoms with Gasteiger partial charge in [0.15, 0.2) is 5.69 Å². The molecule has 186 valence electrons. The summed E-state index contributed by atoms with van der Waals surface area (Å²) in [6.45, 7) is 9.28. The molecular formula is C24H32F3N3O3Si. The summed E-state index contributed by atoms with van der Waals surface area (Å²) in [5.41, 5.74) is 1.28. The zero-order valence-electron chi connectivity index (χ0n) is 20.1. The van der Waals surface area contributed by atoms with E-state index in [-0.39, 0.29) is 24.4 Å². The summed E-state index contributed by atoms with van der Waals surface area (Å²) in [7, 11) is -1.31. The van der Waals surface area contributed by atoms with Gasteiger partial charge in [-0.05, 0) is 49.9 Å². The summed E-state index contributed by atoms with van der Waals surface area (Å²) in [6, 6.07) is 4.43. The first-order valence-corrected chi connectivity index (χ1v) is 15.2. The second kappa shape index (κ2) is 10.9. The highest BCUT2D eigenvalue weighted by Gasteiger charge is 2.35. The Morgan fingerprint density at radius 3 is 2.59 bits per heavy atom. The molecule has 0 spiro atoms. The fourth-order valence-corrected chi connectivity index (χ4v) is 4.44. The fourth-order valence-electron chi connectivity index (χ4n) is 3.68. The third-order valence-electron chi connectivity index (χ3n) is 5.68. The molecule has 0 amide bonds. The number of rotatable bonds is 9. The van der Waals surface area contributed by atoms with E-state index in [9.17, 15) is 18.0 Å². The minimum Gasteiger partial charge on any atom is -0.466 e. The van der Waals surface area contributed by atoms with Crippen LogP contribution in [-0.2, 0) is 27.2 Å². The average Bonchev–Trinajstić information content (AvgIpc) is 3.21. The van der Waals surface area contributed by atoms with Crippen LogP contribution in [0.25, 0.3) is 17.0 Å². The highest BCUT2D eigenvalue weighted by atomic mass is 28.3. The summed E-state index contributed by atoms with van der Waals surface area (Å²) in [5.74, 6) is -0.156. The maximum absolute atomic E-state index is 13.3. The van der Waals surface area contributed by atoms with E-state index in [0.29, 0.717) is 38.0 Å². The number of hydrogen-bond acceptors (Lipinski definition) is 5. The Kier molecular flexibility index (Phi) is 8.35. The van der Waals surface area contributed by atoms with E-state index < -0.39 is 19.9 Å². The Morgan fingerprint density at radius 2 is 2.03 bits per heavy atom. The molecule has 1 atom stereocenters. The number of nitrogens with zero attached hydrogens (tertiary/aromatic N) is 3. The lowest BCUT2D eigenvalue weighted by Crippen LogP contribution is -2.22. The van der Waals surface area contributed by atoms with Crippen LogP contribution in [0.3, 0.4) is 0 Å². The molecule has 0 N–H and O–H groups in total. The number of imidazole rings is 1. The normalized spacial score (nSPS) is 16.9. The van der Waals surface area contributed by atoms with E-state index in [4.69, 9.17) is 9.47 Å². The Hall–Kier alpha value is -2.46. The number of aromatic nitrogens is 3. The van der Waals surface area contributed by atoms with Crippen molar-refractivity contribution in [2.45, 2.75) is 64.8 Å². The standard InChI is InChI=1S/C24H32F3N3O3Si/c1-5-33-23(31)18-8-6-17(7-9-18)20-11-10-19(14-28-20)22-29-21(24(25,26)27)15-30(22)16-32-12-13-34(2,3)4/h6,10-11,14-15,18H,5,7-9,12-13,16H2,1-4H3. The van der Waals surface area contributed by atoms with Gasteiger partial charge in [-0.3, -0.25) is 9.78 Å². The number of carbonyl (C=O) groups is 1. The van der Waals surface area contributed by atoms with Crippen molar-refractivity contribution < 1.29 is 27.4 Å². The van der Waals surface area contributed by atoms with Crippen molar-refractivity contribution in [2.24, 2.45) is 5.92 Å². The zero-order valence-corrected chi connectivity index (χ0v) is 21.1. The first-order chi connectivity index (χ1) is 16.0. The van der Waals surface area contributed by atoms with Gasteiger partial charge < -0.3 is 14.0 Å². The van der Waals surface area contributed by atoms with E-state index in [1.165, 1.54) is 10.8 Å². The Labute approximate surface area is 199 Å². The highest BCUT2D eigenvalue weighted by molar-refractivity contribution is 6.76. The highest BCUT2D eigenvalue weighted by Crippen LogP contribution is 2.33. The molecule has 2 aromatic rings. The molecule has 0 saturated heterocycles. The van der Waals surface area contributed by atoms with Crippen LogP contribution >= 0.6 is 0 Å². The maximum atomic E-state index is 13.3. The summed E-state index contributed by atoms with van der Waals surface area (Å²) in [5, 5.41) is 0.